The van der Waals surface area contributed by atoms with E-state index in [4.69, 9.17) is 22.2 Å². The van der Waals surface area contributed by atoms with Crippen LogP contribution < -0.4 is 10.1 Å². The van der Waals surface area contributed by atoms with Crippen molar-refractivity contribution in [3.8, 4) is 11.8 Å². The summed E-state index contributed by atoms with van der Waals surface area (Å²) in [5.41, 5.74) is 0.563. The smallest absolute Gasteiger partial charge is 0.257 e. The lowest BCUT2D eigenvalue weighted by Gasteiger charge is -2.35. The molecule has 1 heterocycles. The molecule has 1 N–H and O–H groups in total. The molecule has 1 amide bonds. The molecule has 7 heteroatoms. The number of thiocarbonyl (C=S) groups is 1. The highest BCUT2D eigenvalue weighted by Gasteiger charge is 2.20. The first kappa shape index (κ1) is 22.1. The summed E-state index contributed by atoms with van der Waals surface area (Å²) in [4.78, 5) is 16.7. The van der Waals surface area contributed by atoms with E-state index >= 15 is 0 Å². The van der Waals surface area contributed by atoms with Crippen molar-refractivity contribution in [3.63, 3.8) is 0 Å². The van der Waals surface area contributed by atoms with Crippen molar-refractivity contribution in [2.45, 2.75) is 39.0 Å². The Hall–Kier alpha value is -2.17. The Morgan fingerprint density at radius 1 is 1.18 bits per heavy atom. The second-order valence-electron chi connectivity index (χ2n) is 6.93. The maximum Gasteiger partial charge on any atom is 0.257 e. The van der Waals surface area contributed by atoms with E-state index in [0.29, 0.717) is 23.7 Å². The van der Waals surface area contributed by atoms with Crippen LogP contribution in [0.4, 0.5) is 0 Å². The number of nitrogens with zero attached hydrogens (tertiary/aromatic N) is 3. The SMILES string of the molecule is CCCCCCOc1ccc(C(=O)NC(=S)N2CCN(CCC#N)CC2)cc1. The number of hydrogen-bond donors (Lipinski definition) is 1. The average Bonchev–Trinajstić information content (AvgIpc) is 2.72. The number of amides is 1. The van der Waals surface area contributed by atoms with Gasteiger partial charge in [0, 0.05) is 44.7 Å². The van der Waals surface area contributed by atoms with Crippen LogP contribution in [0, 0.1) is 11.3 Å². The molecule has 2 rings (SSSR count). The molecule has 0 aromatic heterocycles. The van der Waals surface area contributed by atoms with Gasteiger partial charge in [-0.15, -0.1) is 0 Å². The van der Waals surface area contributed by atoms with Crippen LogP contribution >= 0.6 is 12.2 Å². The predicted molar refractivity (Wildman–Crippen MR) is 114 cm³/mol. The largest absolute Gasteiger partial charge is 0.494 e. The zero-order valence-corrected chi connectivity index (χ0v) is 17.5. The maximum absolute atomic E-state index is 12.4. The van der Waals surface area contributed by atoms with Gasteiger partial charge in [0.15, 0.2) is 5.11 Å². The maximum atomic E-state index is 12.4. The van der Waals surface area contributed by atoms with E-state index < -0.39 is 0 Å². The van der Waals surface area contributed by atoms with Crippen molar-refractivity contribution in [2.24, 2.45) is 0 Å². The molecule has 0 aliphatic carbocycles. The molecule has 1 aliphatic rings. The van der Waals surface area contributed by atoms with Gasteiger partial charge in [0.1, 0.15) is 5.75 Å². The Morgan fingerprint density at radius 2 is 1.89 bits per heavy atom. The summed E-state index contributed by atoms with van der Waals surface area (Å²) in [7, 11) is 0. The summed E-state index contributed by atoms with van der Waals surface area (Å²) in [5.74, 6) is 0.579. The molecule has 152 valence electrons. The zero-order valence-electron chi connectivity index (χ0n) is 16.7. The molecule has 1 aliphatic heterocycles. The number of benzene rings is 1. The summed E-state index contributed by atoms with van der Waals surface area (Å²) in [5, 5.41) is 11.9. The molecule has 6 nitrogen and oxygen atoms in total. The minimum Gasteiger partial charge on any atom is -0.494 e. The van der Waals surface area contributed by atoms with Crippen LogP contribution in [0.1, 0.15) is 49.4 Å². The number of piperazine rings is 1. The van der Waals surface area contributed by atoms with Crippen LogP contribution in [-0.4, -0.2) is 60.2 Å². The van der Waals surface area contributed by atoms with Gasteiger partial charge in [-0.25, -0.2) is 0 Å². The molecule has 0 saturated carbocycles. The van der Waals surface area contributed by atoms with Gasteiger partial charge < -0.3 is 9.64 Å². The third-order valence-corrected chi connectivity index (χ3v) is 5.16. The van der Waals surface area contributed by atoms with E-state index in [2.05, 4.69) is 23.2 Å². The van der Waals surface area contributed by atoms with E-state index in [1.54, 1.807) is 12.1 Å². The molecule has 1 aromatic carbocycles. The molecule has 0 bridgehead atoms. The Kier molecular flexibility index (Phi) is 9.73. The summed E-state index contributed by atoms with van der Waals surface area (Å²) in [6, 6.07) is 9.35. The normalized spacial score (nSPS) is 14.4. The van der Waals surface area contributed by atoms with Gasteiger partial charge in [0.25, 0.3) is 5.91 Å². The van der Waals surface area contributed by atoms with Crippen molar-refractivity contribution >= 4 is 23.2 Å². The van der Waals surface area contributed by atoms with Crippen LogP contribution in [0.15, 0.2) is 24.3 Å². The second-order valence-corrected chi connectivity index (χ2v) is 7.32. The van der Waals surface area contributed by atoms with Crippen molar-refractivity contribution in [3.05, 3.63) is 29.8 Å². The predicted octanol–water partition coefficient (Wildman–Crippen LogP) is 3.19. The van der Waals surface area contributed by atoms with E-state index in [0.717, 1.165) is 44.9 Å². The van der Waals surface area contributed by atoms with Crippen LogP contribution in [0.25, 0.3) is 0 Å². The standard InChI is InChI=1S/C21H30N4O2S/c1-2-3-4-5-17-27-19-9-7-18(8-10-19)20(26)23-21(28)25-15-13-24(14-16-25)12-6-11-22/h7-10H,2-6,12-17H2,1H3,(H,23,26,28). The Bertz CT molecular complexity index is 664. The average molecular weight is 403 g/mol. The van der Waals surface area contributed by atoms with E-state index in [9.17, 15) is 4.79 Å². The number of carbonyl (C=O) groups is 1. The van der Waals surface area contributed by atoms with E-state index in [1.807, 2.05) is 17.0 Å². The minimum absolute atomic E-state index is 0.202. The molecule has 0 atom stereocenters. The number of rotatable bonds is 9. The van der Waals surface area contributed by atoms with Crippen molar-refractivity contribution < 1.29 is 9.53 Å². The van der Waals surface area contributed by atoms with Gasteiger partial charge in [-0.05, 0) is 42.9 Å². The molecule has 0 unspecified atom stereocenters. The minimum atomic E-state index is -0.202. The number of carbonyl (C=O) groups excluding carboxylic acids is 1. The van der Waals surface area contributed by atoms with Gasteiger partial charge >= 0.3 is 0 Å². The summed E-state index contributed by atoms with van der Waals surface area (Å²) in [6.45, 7) is 6.90. The highest BCUT2D eigenvalue weighted by molar-refractivity contribution is 7.80. The first-order valence-corrected chi connectivity index (χ1v) is 10.5. The lowest BCUT2D eigenvalue weighted by molar-refractivity contribution is 0.0969. The van der Waals surface area contributed by atoms with E-state index in [1.165, 1.54) is 19.3 Å². The van der Waals surface area contributed by atoms with Gasteiger partial charge in [0.05, 0.1) is 12.7 Å². The zero-order chi connectivity index (χ0) is 20.2. The fourth-order valence-electron chi connectivity index (χ4n) is 3.05. The number of hydrogen-bond acceptors (Lipinski definition) is 5. The molecule has 28 heavy (non-hydrogen) atoms. The summed E-state index contributed by atoms with van der Waals surface area (Å²) in [6.07, 6.45) is 5.22. The number of unbranched alkanes of at least 4 members (excludes halogenated alkanes) is 3. The Morgan fingerprint density at radius 3 is 2.54 bits per heavy atom. The lowest BCUT2D eigenvalue weighted by Crippen LogP contribution is -2.52. The molecule has 1 aromatic rings. The third-order valence-electron chi connectivity index (χ3n) is 4.80. The van der Waals surface area contributed by atoms with Crippen LogP contribution in [0.3, 0.4) is 0 Å². The lowest BCUT2D eigenvalue weighted by atomic mass is 10.2. The summed E-state index contributed by atoms with van der Waals surface area (Å²) < 4.78 is 5.71. The Labute approximate surface area is 173 Å². The highest BCUT2D eigenvalue weighted by Crippen LogP contribution is 2.13. The topological polar surface area (TPSA) is 68.6 Å². The molecule has 0 radical (unpaired) electrons. The van der Waals surface area contributed by atoms with Crippen molar-refractivity contribution in [1.82, 2.24) is 15.1 Å². The van der Waals surface area contributed by atoms with Gasteiger partial charge in [0.2, 0.25) is 0 Å². The van der Waals surface area contributed by atoms with Crippen LogP contribution in [0.2, 0.25) is 0 Å². The molecule has 1 saturated heterocycles. The molecular formula is C21H30N4O2S. The van der Waals surface area contributed by atoms with Crippen molar-refractivity contribution in [1.29, 1.82) is 5.26 Å². The van der Waals surface area contributed by atoms with Gasteiger partial charge in [-0.2, -0.15) is 5.26 Å². The molecular weight excluding hydrogens is 372 g/mol. The number of nitriles is 1. The molecule has 0 spiro atoms. The fourth-order valence-corrected chi connectivity index (χ4v) is 3.33. The van der Waals surface area contributed by atoms with Crippen molar-refractivity contribution in [2.75, 3.05) is 39.3 Å². The molecule has 1 fully saturated rings. The second kappa shape index (κ2) is 12.3. The third kappa shape index (κ3) is 7.45. The quantitative estimate of drug-likeness (QED) is 0.505. The van der Waals surface area contributed by atoms with Crippen LogP contribution in [-0.2, 0) is 0 Å². The number of nitrogens with one attached hydrogen (secondary N) is 1. The Balaban J connectivity index is 1.73. The van der Waals surface area contributed by atoms with E-state index in [-0.39, 0.29) is 5.91 Å². The van der Waals surface area contributed by atoms with Gasteiger partial charge in [-0.3, -0.25) is 15.0 Å². The number of ether oxygens (including phenoxy) is 1. The highest BCUT2D eigenvalue weighted by atomic mass is 32.1. The fraction of sp³-hybridized carbons (Fsp3) is 0.571. The monoisotopic (exact) mass is 402 g/mol. The van der Waals surface area contributed by atoms with Crippen LogP contribution in [0.5, 0.6) is 5.75 Å². The summed E-state index contributed by atoms with van der Waals surface area (Å²) >= 11 is 5.39. The van der Waals surface area contributed by atoms with Gasteiger partial charge in [-0.1, -0.05) is 26.2 Å². The first-order chi connectivity index (χ1) is 13.6. The first-order valence-electron chi connectivity index (χ1n) is 10.1.